The molecule has 0 heterocycles. The molecule has 70 valence electrons. The average Bonchev–Trinajstić information content (AvgIpc) is 2.03. The molecule has 6 heteroatoms. The van der Waals surface area contributed by atoms with Gasteiger partial charge in [0.25, 0.3) is 0 Å². The number of hydrogen-bond acceptors (Lipinski definition) is 4. The molecule has 0 bridgehead atoms. The summed E-state index contributed by atoms with van der Waals surface area (Å²) >= 11 is 0. The topological polar surface area (TPSA) is 102 Å². The molecule has 0 fully saturated rings. The van der Waals surface area contributed by atoms with Crippen molar-refractivity contribution in [3.05, 3.63) is 0 Å². The number of rotatable bonds is 5. The predicted octanol–water partition coefficient (Wildman–Crippen LogP) is -1.84. The molecule has 0 aliphatic carbocycles. The van der Waals surface area contributed by atoms with Gasteiger partial charge in [-0.2, -0.15) is 0 Å². The van der Waals surface area contributed by atoms with Crippen molar-refractivity contribution in [2.75, 3.05) is 20.3 Å². The zero-order valence-electron chi connectivity index (χ0n) is 6.74. The van der Waals surface area contributed by atoms with E-state index in [9.17, 15) is 9.59 Å². The highest BCUT2D eigenvalue weighted by Crippen LogP contribution is 1.84. The van der Waals surface area contributed by atoms with E-state index in [1.165, 1.54) is 7.11 Å². The minimum absolute atomic E-state index is 0.0684. The van der Waals surface area contributed by atoms with Gasteiger partial charge in [-0.15, -0.1) is 0 Å². The fourth-order valence-corrected chi connectivity index (χ4v) is 0.595. The number of carboxylic acids is 1. The van der Waals surface area contributed by atoms with E-state index in [1.54, 1.807) is 0 Å². The lowest BCUT2D eigenvalue weighted by Crippen LogP contribution is -2.46. The van der Waals surface area contributed by atoms with E-state index in [2.05, 4.69) is 10.1 Å². The van der Waals surface area contributed by atoms with E-state index in [0.29, 0.717) is 0 Å². The van der Waals surface area contributed by atoms with Gasteiger partial charge in [-0.3, -0.25) is 4.79 Å². The molecule has 0 aliphatic heterocycles. The Labute approximate surface area is 69.7 Å². The third-order valence-electron chi connectivity index (χ3n) is 1.15. The second-order valence-corrected chi connectivity index (χ2v) is 2.12. The number of hydrogen-bond donors (Lipinski definition) is 3. The SMILES string of the molecule is COC[C@H](NC(=O)CN)C(=O)O. The Bertz CT molecular complexity index is 169. The largest absolute Gasteiger partial charge is 0.480 e. The van der Waals surface area contributed by atoms with Crippen LogP contribution in [0.1, 0.15) is 0 Å². The minimum atomic E-state index is -1.14. The lowest BCUT2D eigenvalue weighted by molar-refractivity contribution is -0.143. The number of carbonyl (C=O) groups is 2. The van der Waals surface area contributed by atoms with Crippen LogP contribution in [-0.4, -0.2) is 43.3 Å². The number of methoxy groups -OCH3 is 1. The molecule has 4 N–H and O–H groups in total. The number of carboxylic acid groups (broad SMARTS) is 1. The number of aliphatic carboxylic acids is 1. The summed E-state index contributed by atoms with van der Waals surface area (Å²) < 4.78 is 4.57. The highest BCUT2D eigenvalue weighted by atomic mass is 16.5. The van der Waals surface area contributed by atoms with Crippen LogP contribution in [0.4, 0.5) is 0 Å². The van der Waals surface area contributed by atoms with Gasteiger partial charge in [-0.25, -0.2) is 4.79 Å². The fourth-order valence-electron chi connectivity index (χ4n) is 0.595. The zero-order valence-corrected chi connectivity index (χ0v) is 6.74. The summed E-state index contributed by atoms with van der Waals surface area (Å²) in [5.74, 6) is -1.65. The van der Waals surface area contributed by atoms with Gasteiger partial charge < -0.3 is 20.9 Å². The van der Waals surface area contributed by atoms with Crippen LogP contribution in [0.5, 0.6) is 0 Å². The molecule has 1 atom stereocenters. The van der Waals surface area contributed by atoms with Crippen molar-refractivity contribution in [2.24, 2.45) is 5.73 Å². The maximum absolute atomic E-state index is 10.6. The van der Waals surface area contributed by atoms with Gasteiger partial charge >= 0.3 is 5.97 Å². The highest BCUT2D eigenvalue weighted by molar-refractivity contribution is 5.84. The van der Waals surface area contributed by atoms with Gasteiger partial charge in [0.15, 0.2) is 6.04 Å². The van der Waals surface area contributed by atoms with Crippen molar-refractivity contribution >= 4 is 11.9 Å². The van der Waals surface area contributed by atoms with E-state index < -0.39 is 17.9 Å². The summed E-state index contributed by atoms with van der Waals surface area (Å²) in [5, 5.41) is 10.7. The summed E-state index contributed by atoms with van der Waals surface area (Å²) in [5.41, 5.74) is 4.97. The molecule has 0 aromatic rings. The molecule has 0 aliphatic rings. The molecule has 0 saturated heterocycles. The monoisotopic (exact) mass is 176 g/mol. The number of carbonyl (C=O) groups excluding carboxylic acids is 1. The number of ether oxygens (including phenoxy) is 1. The van der Waals surface area contributed by atoms with Gasteiger partial charge in [0.1, 0.15) is 0 Å². The van der Waals surface area contributed by atoms with Crippen molar-refractivity contribution in [3.8, 4) is 0 Å². The van der Waals surface area contributed by atoms with Gasteiger partial charge in [0, 0.05) is 7.11 Å². The first-order valence-corrected chi connectivity index (χ1v) is 3.33. The molecule has 0 saturated carbocycles. The third-order valence-corrected chi connectivity index (χ3v) is 1.15. The summed E-state index contributed by atoms with van der Waals surface area (Å²) in [6.07, 6.45) is 0. The average molecular weight is 176 g/mol. The summed E-state index contributed by atoms with van der Waals surface area (Å²) in [4.78, 5) is 21.1. The molecule has 0 aromatic heterocycles. The van der Waals surface area contributed by atoms with Crippen LogP contribution in [0.2, 0.25) is 0 Å². The van der Waals surface area contributed by atoms with Crippen LogP contribution in [-0.2, 0) is 14.3 Å². The van der Waals surface area contributed by atoms with Crippen LogP contribution < -0.4 is 11.1 Å². The molecular formula is C6H12N2O4. The quantitative estimate of drug-likeness (QED) is 0.457. The number of nitrogens with one attached hydrogen (secondary N) is 1. The van der Waals surface area contributed by atoms with Gasteiger partial charge in [-0.05, 0) is 0 Å². The predicted molar refractivity (Wildman–Crippen MR) is 40.5 cm³/mol. The van der Waals surface area contributed by atoms with Crippen molar-refractivity contribution in [3.63, 3.8) is 0 Å². The Balaban J connectivity index is 3.95. The normalized spacial score (nSPS) is 12.2. The van der Waals surface area contributed by atoms with Crippen molar-refractivity contribution < 1.29 is 19.4 Å². The van der Waals surface area contributed by atoms with Crippen LogP contribution in [0, 0.1) is 0 Å². The molecule has 0 aromatic carbocycles. The first kappa shape index (κ1) is 10.9. The summed E-state index contributed by atoms with van der Waals surface area (Å²) in [6, 6.07) is -1.02. The summed E-state index contributed by atoms with van der Waals surface area (Å²) in [7, 11) is 1.35. The van der Waals surface area contributed by atoms with E-state index >= 15 is 0 Å². The van der Waals surface area contributed by atoms with Crippen molar-refractivity contribution in [2.45, 2.75) is 6.04 Å². The second kappa shape index (κ2) is 5.50. The Morgan fingerprint density at radius 2 is 2.25 bits per heavy atom. The molecule has 0 radical (unpaired) electrons. The fraction of sp³-hybridized carbons (Fsp3) is 0.667. The minimum Gasteiger partial charge on any atom is -0.480 e. The highest BCUT2D eigenvalue weighted by Gasteiger charge is 2.18. The lowest BCUT2D eigenvalue weighted by atomic mass is 10.3. The van der Waals surface area contributed by atoms with Gasteiger partial charge in [0.05, 0.1) is 13.2 Å². The van der Waals surface area contributed by atoms with Gasteiger partial charge in [0.2, 0.25) is 5.91 Å². The first-order chi connectivity index (χ1) is 5.61. The van der Waals surface area contributed by atoms with Crippen molar-refractivity contribution in [1.82, 2.24) is 5.32 Å². The smallest absolute Gasteiger partial charge is 0.328 e. The zero-order chi connectivity index (χ0) is 9.56. The lowest BCUT2D eigenvalue weighted by Gasteiger charge is -2.11. The molecule has 0 rings (SSSR count). The Morgan fingerprint density at radius 3 is 2.58 bits per heavy atom. The molecule has 6 nitrogen and oxygen atoms in total. The Hall–Kier alpha value is -1.14. The van der Waals surface area contributed by atoms with E-state index in [4.69, 9.17) is 10.8 Å². The molecule has 1 amide bonds. The maximum Gasteiger partial charge on any atom is 0.328 e. The maximum atomic E-state index is 10.6. The van der Waals surface area contributed by atoms with E-state index in [1.807, 2.05) is 0 Å². The van der Waals surface area contributed by atoms with E-state index in [-0.39, 0.29) is 13.2 Å². The Kier molecular flexibility index (Phi) is 4.98. The third kappa shape index (κ3) is 3.89. The molecule has 0 spiro atoms. The molecule has 12 heavy (non-hydrogen) atoms. The van der Waals surface area contributed by atoms with E-state index in [0.717, 1.165) is 0 Å². The first-order valence-electron chi connectivity index (χ1n) is 3.33. The Morgan fingerprint density at radius 1 is 1.67 bits per heavy atom. The van der Waals surface area contributed by atoms with Crippen LogP contribution in [0.15, 0.2) is 0 Å². The molecule has 0 unspecified atom stereocenters. The number of amides is 1. The second-order valence-electron chi connectivity index (χ2n) is 2.12. The number of nitrogens with two attached hydrogens (primary N) is 1. The standard InChI is InChI=1S/C6H12N2O4/c1-12-3-4(6(10)11)8-5(9)2-7/h4H,2-3,7H2,1H3,(H,8,9)(H,10,11)/t4-/m0/s1. The summed E-state index contributed by atoms with van der Waals surface area (Å²) in [6.45, 7) is -0.297. The van der Waals surface area contributed by atoms with Crippen molar-refractivity contribution in [1.29, 1.82) is 0 Å². The van der Waals surface area contributed by atoms with Crippen LogP contribution in [0.25, 0.3) is 0 Å². The van der Waals surface area contributed by atoms with Crippen LogP contribution >= 0.6 is 0 Å². The van der Waals surface area contributed by atoms with Crippen LogP contribution in [0.3, 0.4) is 0 Å². The van der Waals surface area contributed by atoms with Gasteiger partial charge in [-0.1, -0.05) is 0 Å². The molecular weight excluding hydrogens is 164 g/mol.